The van der Waals surface area contributed by atoms with Crippen LogP contribution in [0.3, 0.4) is 0 Å². The van der Waals surface area contributed by atoms with Crippen molar-refractivity contribution >= 4 is 12.6 Å². The van der Waals surface area contributed by atoms with Gasteiger partial charge in [-0.25, -0.2) is 0 Å². The maximum absolute atomic E-state index is 5.85. The van der Waals surface area contributed by atoms with Crippen molar-refractivity contribution in [3.8, 4) is 5.75 Å². The van der Waals surface area contributed by atoms with Gasteiger partial charge in [0.2, 0.25) is 0 Å². The molecule has 0 bridgehead atoms. The Morgan fingerprint density at radius 3 is 2.40 bits per heavy atom. The molecule has 1 aliphatic heterocycles. The van der Waals surface area contributed by atoms with Gasteiger partial charge in [0.1, 0.15) is 12.0 Å². The monoisotopic (exact) mass is 223 g/mol. The smallest absolute Gasteiger partial charge is 0.149 e. The Morgan fingerprint density at radius 2 is 1.80 bits per heavy atom. The highest BCUT2D eigenvalue weighted by molar-refractivity contribution is 7.80. The molecule has 1 aromatic carbocycles. The topological polar surface area (TPSA) is 12.5 Å². The van der Waals surface area contributed by atoms with E-state index in [-0.39, 0.29) is 6.23 Å². The Labute approximate surface area is 96.6 Å². The van der Waals surface area contributed by atoms with E-state index in [1.165, 1.54) is 12.8 Å². The fourth-order valence-electron chi connectivity index (χ4n) is 1.90. The largest absolute Gasteiger partial charge is 0.475 e. The van der Waals surface area contributed by atoms with Crippen molar-refractivity contribution in [2.45, 2.75) is 30.9 Å². The third kappa shape index (κ3) is 2.89. The second-order valence-corrected chi connectivity index (χ2v) is 4.47. The number of ether oxygens (including phenoxy) is 1. The summed E-state index contributed by atoms with van der Waals surface area (Å²) in [4.78, 5) is 3.34. The molecule has 1 heterocycles. The lowest BCUT2D eigenvalue weighted by Crippen LogP contribution is -2.34. The summed E-state index contributed by atoms with van der Waals surface area (Å²) >= 11 is 4.24. The van der Waals surface area contributed by atoms with Crippen molar-refractivity contribution in [3.63, 3.8) is 0 Å². The molecule has 82 valence electrons. The second-order valence-electron chi connectivity index (χ2n) is 3.95. The van der Waals surface area contributed by atoms with Crippen molar-refractivity contribution in [3.05, 3.63) is 24.3 Å². The highest BCUT2D eigenvalue weighted by atomic mass is 32.1. The van der Waals surface area contributed by atoms with Crippen LogP contribution in [0.4, 0.5) is 0 Å². The van der Waals surface area contributed by atoms with Gasteiger partial charge in [-0.2, -0.15) is 0 Å². The van der Waals surface area contributed by atoms with Gasteiger partial charge in [0.05, 0.1) is 0 Å². The molecule has 1 unspecified atom stereocenters. The predicted molar refractivity (Wildman–Crippen MR) is 64.6 cm³/mol. The highest BCUT2D eigenvalue weighted by Crippen LogP contribution is 2.18. The fourth-order valence-corrected chi connectivity index (χ4v) is 2.05. The average molecular weight is 223 g/mol. The van der Waals surface area contributed by atoms with E-state index >= 15 is 0 Å². The molecule has 3 heteroatoms. The number of rotatable bonds is 3. The van der Waals surface area contributed by atoms with Crippen LogP contribution in [0.25, 0.3) is 0 Å². The molecule has 1 aliphatic rings. The summed E-state index contributed by atoms with van der Waals surface area (Å²) in [5.41, 5.74) is 0. The minimum absolute atomic E-state index is 0.179. The van der Waals surface area contributed by atoms with Gasteiger partial charge in [0.15, 0.2) is 0 Å². The lowest BCUT2D eigenvalue weighted by molar-refractivity contribution is 0.0592. The van der Waals surface area contributed by atoms with E-state index in [1.54, 1.807) is 0 Å². The molecule has 15 heavy (non-hydrogen) atoms. The number of nitrogens with zero attached hydrogens (tertiary/aromatic N) is 1. The molecule has 1 saturated heterocycles. The van der Waals surface area contributed by atoms with Gasteiger partial charge in [-0.05, 0) is 44.0 Å². The zero-order chi connectivity index (χ0) is 10.7. The number of benzene rings is 1. The van der Waals surface area contributed by atoms with Crippen molar-refractivity contribution in [1.29, 1.82) is 0 Å². The van der Waals surface area contributed by atoms with Gasteiger partial charge in [-0.3, -0.25) is 4.90 Å². The van der Waals surface area contributed by atoms with Crippen LogP contribution < -0.4 is 4.74 Å². The van der Waals surface area contributed by atoms with Crippen molar-refractivity contribution < 1.29 is 4.74 Å². The number of hydrogen-bond donors (Lipinski definition) is 1. The molecule has 0 radical (unpaired) electrons. The number of thiol groups is 1. The molecule has 0 aliphatic carbocycles. The van der Waals surface area contributed by atoms with E-state index in [0.29, 0.717) is 0 Å². The Hall–Kier alpha value is -0.670. The lowest BCUT2D eigenvalue weighted by Gasteiger charge is -2.24. The van der Waals surface area contributed by atoms with E-state index in [2.05, 4.69) is 24.5 Å². The molecule has 0 spiro atoms. The summed E-state index contributed by atoms with van der Waals surface area (Å²) < 4.78 is 5.85. The summed E-state index contributed by atoms with van der Waals surface area (Å²) in [6.07, 6.45) is 2.77. The summed E-state index contributed by atoms with van der Waals surface area (Å²) in [5.74, 6) is 0.923. The van der Waals surface area contributed by atoms with Gasteiger partial charge >= 0.3 is 0 Å². The SMILES string of the molecule is CC(Oc1ccc(S)cc1)N1CCCC1. The molecule has 0 amide bonds. The van der Waals surface area contributed by atoms with Crippen LogP contribution in [0.2, 0.25) is 0 Å². The lowest BCUT2D eigenvalue weighted by atomic mass is 10.3. The fraction of sp³-hybridized carbons (Fsp3) is 0.500. The Balaban J connectivity index is 1.92. The van der Waals surface area contributed by atoms with Crippen LogP contribution >= 0.6 is 12.6 Å². The van der Waals surface area contributed by atoms with Gasteiger partial charge in [0.25, 0.3) is 0 Å². The van der Waals surface area contributed by atoms with Crippen LogP contribution in [0.5, 0.6) is 5.75 Å². The zero-order valence-electron chi connectivity index (χ0n) is 9.02. The molecule has 1 fully saturated rings. The summed E-state index contributed by atoms with van der Waals surface area (Å²) in [7, 11) is 0. The Bertz CT molecular complexity index is 306. The van der Waals surface area contributed by atoms with Crippen molar-refractivity contribution in [2.75, 3.05) is 13.1 Å². The first-order chi connectivity index (χ1) is 7.25. The zero-order valence-corrected chi connectivity index (χ0v) is 9.91. The van der Waals surface area contributed by atoms with Crippen LogP contribution in [-0.4, -0.2) is 24.2 Å². The van der Waals surface area contributed by atoms with E-state index in [0.717, 1.165) is 23.7 Å². The third-order valence-electron chi connectivity index (χ3n) is 2.80. The molecular formula is C12H17NOS. The summed E-state index contributed by atoms with van der Waals surface area (Å²) in [6.45, 7) is 4.43. The summed E-state index contributed by atoms with van der Waals surface area (Å²) in [5, 5.41) is 0. The molecule has 0 N–H and O–H groups in total. The molecule has 1 atom stereocenters. The average Bonchev–Trinajstić information content (AvgIpc) is 2.74. The maximum Gasteiger partial charge on any atom is 0.149 e. The third-order valence-corrected chi connectivity index (χ3v) is 3.10. The van der Waals surface area contributed by atoms with E-state index in [1.807, 2.05) is 24.3 Å². The molecule has 2 nitrogen and oxygen atoms in total. The van der Waals surface area contributed by atoms with E-state index in [4.69, 9.17) is 4.74 Å². The number of likely N-dealkylation sites (tertiary alicyclic amines) is 1. The van der Waals surface area contributed by atoms with Crippen LogP contribution in [0.15, 0.2) is 29.2 Å². The first-order valence-electron chi connectivity index (χ1n) is 5.45. The molecular weight excluding hydrogens is 206 g/mol. The molecule has 0 aromatic heterocycles. The number of hydrogen-bond acceptors (Lipinski definition) is 3. The van der Waals surface area contributed by atoms with Crippen molar-refractivity contribution in [2.24, 2.45) is 0 Å². The van der Waals surface area contributed by atoms with Crippen LogP contribution in [0, 0.1) is 0 Å². The van der Waals surface area contributed by atoms with Gasteiger partial charge in [-0.15, -0.1) is 12.6 Å². The van der Waals surface area contributed by atoms with Gasteiger partial charge in [-0.1, -0.05) is 0 Å². The normalized spacial score (nSPS) is 19.1. The molecule has 1 aromatic rings. The van der Waals surface area contributed by atoms with Crippen molar-refractivity contribution in [1.82, 2.24) is 4.90 Å². The standard InChI is InChI=1S/C12H17NOS/c1-10(13-8-2-3-9-13)14-11-4-6-12(15)7-5-11/h4-7,10,15H,2-3,8-9H2,1H3. The quantitative estimate of drug-likeness (QED) is 0.791. The molecule has 0 saturated carbocycles. The highest BCUT2D eigenvalue weighted by Gasteiger charge is 2.18. The van der Waals surface area contributed by atoms with E-state index in [9.17, 15) is 0 Å². The summed E-state index contributed by atoms with van der Waals surface area (Å²) in [6, 6.07) is 7.84. The first kappa shape index (κ1) is 10.8. The Morgan fingerprint density at radius 1 is 1.20 bits per heavy atom. The van der Waals surface area contributed by atoms with Gasteiger partial charge < -0.3 is 4.74 Å². The predicted octanol–water partition coefficient (Wildman–Crippen LogP) is 2.80. The first-order valence-corrected chi connectivity index (χ1v) is 5.90. The van der Waals surface area contributed by atoms with Crippen LogP contribution in [0.1, 0.15) is 19.8 Å². The molecule has 2 rings (SSSR count). The maximum atomic E-state index is 5.85. The Kier molecular flexibility index (Phi) is 3.54. The van der Waals surface area contributed by atoms with Crippen LogP contribution in [-0.2, 0) is 0 Å². The minimum atomic E-state index is 0.179. The van der Waals surface area contributed by atoms with Gasteiger partial charge in [0, 0.05) is 18.0 Å². The minimum Gasteiger partial charge on any atom is -0.475 e. The van der Waals surface area contributed by atoms with E-state index < -0.39 is 0 Å². The second kappa shape index (κ2) is 4.90.